The molecule has 0 N–H and O–H groups in total. The minimum atomic E-state index is -0.277. The number of piperazine rings is 1. The van der Waals surface area contributed by atoms with Gasteiger partial charge in [0.2, 0.25) is 0 Å². The minimum absolute atomic E-state index is 0.0318. The highest BCUT2D eigenvalue weighted by Gasteiger charge is 2.22. The maximum absolute atomic E-state index is 13.6. The fourth-order valence-corrected chi connectivity index (χ4v) is 2.54. The number of hydrogen-bond donors (Lipinski definition) is 0. The van der Waals surface area contributed by atoms with E-state index >= 15 is 0 Å². The molecular weight excluding hydrogens is 283 g/mol. The second kappa shape index (κ2) is 5.93. The van der Waals surface area contributed by atoms with Crippen molar-refractivity contribution in [2.45, 2.75) is 6.92 Å². The number of likely N-dealkylation sites (N-methyl/N-ethyl adjacent to an activating group) is 1. The number of benzene rings is 1. The van der Waals surface area contributed by atoms with Gasteiger partial charge in [-0.25, -0.2) is 4.39 Å². The number of carbonyl (C=O) groups excluding carboxylic acids is 1. The predicted octanol–water partition coefficient (Wildman–Crippen LogP) is 2.78. The molecule has 5 heteroatoms. The number of hydrogen-bond acceptors (Lipinski definition) is 3. The second-order valence-electron chi connectivity index (χ2n) is 5.76. The summed E-state index contributed by atoms with van der Waals surface area (Å²) in [7, 11) is 2.05. The fourth-order valence-electron chi connectivity index (χ4n) is 2.54. The molecule has 1 aliphatic heterocycles. The van der Waals surface area contributed by atoms with Gasteiger partial charge in [-0.15, -0.1) is 0 Å². The van der Waals surface area contributed by atoms with Crippen molar-refractivity contribution < 1.29 is 13.6 Å². The zero-order chi connectivity index (χ0) is 15.7. The van der Waals surface area contributed by atoms with E-state index in [4.69, 9.17) is 4.42 Å². The van der Waals surface area contributed by atoms with Gasteiger partial charge in [0.15, 0.2) is 0 Å². The van der Waals surface area contributed by atoms with E-state index in [-0.39, 0.29) is 11.7 Å². The first-order chi connectivity index (χ1) is 10.5. The number of halogens is 1. The number of nitrogens with zero attached hydrogens (tertiary/aromatic N) is 2. The summed E-state index contributed by atoms with van der Waals surface area (Å²) in [5, 5.41) is 0. The Balaban J connectivity index is 1.78. The van der Waals surface area contributed by atoms with Crippen molar-refractivity contribution in [3.8, 4) is 11.3 Å². The molecule has 1 saturated heterocycles. The monoisotopic (exact) mass is 302 g/mol. The zero-order valence-electron chi connectivity index (χ0n) is 12.8. The third-order valence-electron chi connectivity index (χ3n) is 4.09. The standard InChI is InChI=1S/C17H19FN2O2/c1-12-3-4-13(9-15(12)18)16-10-14(11-22-16)17(21)20-7-5-19(2)6-8-20/h3-4,9-11H,5-8H2,1-2H3. The van der Waals surface area contributed by atoms with Crippen LogP contribution in [0.3, 0.4) is 0 Å². The van der Waals surface area contributed by atoms with E-state index in [1.54, 1.807) is 25.1 Å². The Morgan fingerprint density at radius 2 is 1.91 bits per heavy atom. The first-order valence-corrected chi connectivity index (χ1v) is 7.37. The lowest BCUT2D eigenvalue weighted by Crippen LogP contribution is -2.47. The molecule has 116 valence electrons. The van der Waals surface area contributed by atoms with Crippen LogP contribution in [0.25, 0.3) is 11.3 Å². The zero-order valence-corrected chi connectivity index (χ0v) is 12.8. The van der Waals surface area contributed by atoms with Gasteiger partial charge in [0.25, 0.3) is 5.91 Å². The molecule has 0 atom stereocenters. The van der Waals surface area contributed by atoms with Crippen LogP contribution in [0.4, 0.5) is 4.39 Å². The topological polar surface area (TPSA) is 36.7 Å². The van der Waals surface area contributed by atoms with Crippen molar-refractivity contribution in [1.29, 1.82) is 0 Å². The predicted molar refractivity (Wildman–Crippen MR) is 82.2 cm³/mol. The molecule has 0 spiro atoms. The normalized spacial score (nSPS) is 16.0. The minimum Gasteiger partial charge on any atom is -0.464 e. The molecule has 1 aromatic heterocycles. The van der Waals surface area contributed by atoms with Crippen LogP contribution in [-0.4, -0.2) is 48.9 Å². The summed E-state index contributed by atoms with van der Waals surface area (Å²) < 4.78 is 19.1. The number of aryl methyl sites for hydroxylation is 1. The van der Waals surface area contributed by atoms with Crippen molar-refractivity contribution in [1.82, 2.24) is 9.80 Å². The summed E-state index contributed by atoms with van der Waals surface area (Å²) in [6, 6.07) is 6.61. The van der Waals surface area contributed by atoms with Gasteiger partial charge >= 0.3 is 0 Å². The van der Waals surface area contributed by atoms with Crippen LogP contribution in [-0.2, 0) is 0 Å². The molecule has 1 aliphatic rings. The first-order valence-electron chi connectivity index (χ1n) is 7.37. The van der Waals surface area contributed by atoms with Gasteiger partial charge in [-0.3, -0.25) is 4.79 Å². The third kappa shape index (κ3) is 2.90. The Morgan fingerprint density at radius 1 is 1.18 bits per heavy atom. The van der Waals surface area contributed by atoms with E-state index in [0.717, 1.165) is 26.2 Å². The molecule has 1 aromatic carbocycles. The Labute approximate surface area is 129 Å². The van der Waals surface area contributed by atoms with Crippen LogP contribution >= 0.6 is 0 Å². The summed E-state index contributed by atoms with van der Waals surface area (Å²) >= 11 is 0. The average molecular weight is 302 g/mol. The molecule has 2 aromatic rings. The van der Waals surface area contributed by atoms with Crippen molar-refractivity contribution in [2.75, 3.05) is 33.2 Å². The van der Waals surface area contributed by atoms with Gasteiger partial charge in [0.1, 0.15) is 17.8 Å². The van der Waals surface area contributed by atoms with Crippen molar-refractivity contribution in [3.63, 3.8) is 0 Å². The largest absolute Gasteiger partial charge is 0.464 e. The van der Waals surface area contributed by atoms with Crippen molar-refractivity contribution in [3.05, 3.63) is 47.5 Å². The molecule has 0 radical (unpaired) electrons. The quantitative estimate of drug-likeness (QED) is 0.856. The lowest BCUT2D eigenvalue weighted by Gasteiger charge is -2.32. The molecule has 0 unspecified atom stereocenters. The van der Waals surface area contributed by atoms with Gasteiger partial charge in [-0.05, 0) is 31.7 Å². The average Bonchev–Trinajstić information content (AvgIpc) is 3.00. The van der Waals surface area contributed by atoms with Crippen molar-refractivity contribution >= 4 is 5.91 Å². The lowest BCUT2D eigenvalue weighted by molar-refractivity contribution is 0.0663. The van der Waals surface area contributed by atoms with Crippen LogP contribution in [0.2, 0.25) is 0 Å². The Morgan fingerprint density at radius 3 is 2.59 bits per heavy atom. The van der Waals surface area contributed by atoms with E-state index in [0.29, 0.717) is 22.5 Å². The second-order valence-corrected chi connectivity index (χ2v) is 5.76. The molecule has 1 amide bonds. The summed E-state index contributed by atoms with van der Waals surface area (Å²) in [6.07, 6.45) is 1.45. The summed E-state index contributed by atoms with van der Waals surface area (Å²) in [4.78, 5) is 16.5. The Hall–Kier alpha value is -2.14. The third-order valence-corrected chi connectivity index (χ3v) is 4.09. The van der Waals surface area contributed by atoms with Gasteiger partial charge in [-0.2, -0.15) is 0 Å². The Bertz CT molecular complexity index is 688. The molecule has 0 bridgehead atoms. The van der Waals surface area contributed by atoms with Crippen molar-refractivity contribution in [2.24, 2.45) is 0 Å². The Kier molecular flexibility index (Phi) is 3.98. The van der Waals surface area contributed by atoms with Gasteiger partial charge in [0.05, 0.1) is 5.56 Å². The van der Waals surface area contributed by atoms with Crippen LogP contribution in [0.5, 0.6) is 0 Å². The van der Waals surface area contributed by atoms with Gasteiger partial charge in [-0.1, -0.05) is 12.1 Å². The molecular formula is C17H19FN2O2. The summed E-state index contributed by atoms with van der Waals surface area (Å²) in [6.45, 7) is 4.90. The molecule has 2 heterocycles. The van der Waals surface area contributed by atoms with E-state index in [1.165, 1.54) is 12.3 Å². The number of rotatable bonds is 2. The summed E-state index contributed by atoms with van der Waals surface area (Å²) in [5.74, 6) is 0.202. The molecule has 1 fully saturated rings. The van der Waals surface area contributed by atoms with Gasteiger partial charge < -0.3 is 14.2 Å². The van der Waals surface area contributed by atoms with E-state index in [2.05, 4.69) is 4.90 Å². The highest BCUT2D eigenvalue weighted by atomic mass is 19.1. The van der Waals surface area contributed by atoms with Crippen LogP contribution in [0.1, 0.15) is 15.9 Å². The fraction of sp³-hybridized carbons (Fsp3) is 0.353. The van der Waals surface area contributed by atoms with Gasteiger partial charge in [0, 0.05) is 31.7 Å². The number of carbonyl (C=O) groups is 1. The van der Waals surface area contributed by atoms with Crippen LogP contribution < -0.4 is 0 Å². The SMILES string of the molecule is Cc1ccc(-c2cc(C(=O)N3CCN(C)CC3)co2)cc1F. The van der Waals surface area contributed by atoms with E-state index in [9.17, 15) is 9.18 Å². The van der Waals surface area contributed by atoms with Crippen LogP contribution in [0.15, 0.2) is 34.9 Å². The summed E-state index contributed by atoms with van der Waals surface area (Å²) in [5.41, 5.74) is 1.74. The first kappa shape index (κ1) is 14.8. The molecule has 0 saturated carbocycles. The maximum Gasteiger partial charge on any atom is 0.257 e. The van der Waals surface area contributed by atoms with E-state index < -0.39 is 0 Å². The highest BCUT2D eigenvalue weighted by molar-refractivity contribution is 5.95. The number of furan rings is 1. The number of amides is 1. The lowest BCUT2D eigenvalue weighted by atomic mass is 10.1. The molecule has 0 aliphatic carbocycles. The maximum atomic E-state index is 13.6. The van der Waals surface area contributed by atoms with Crippen LogP contribution in [0, 0.1) is 12.7 Å². The molecule has 4 nitrogen and oxygen atoms in total. The van der Waals surface area contributed by atoms with E-state index in [1.807, 2.05) is 11.9 Å². The molecule has 22 heavy (non-hydrogen) atoms. The highest BCUT2D eigenvalue weighted by Crippen LogP contribution is 2.25. The smallest absolute Gasteiger partial charge is 0.257 e. The molecule has 3 rings (SSSR count).